The molecule has 8 heteroatoms. The minimum Gasteiger partial charge on any atom is -0.494 e. The highest BCUT2D eigenvalue weighted by atomic mass is 35.5. The second-order valence-corrected chi connectivity index (χ2v) is 10.3. The molecule has 0 fully saturated rings. The molecule has 5 rings (SSSR count). The Morgan fingerprint density at radius 2 is 1.74 bits per heavy atom. The topological polar surface area (TPSA) is 52.5 Å². The van der Waals surface area contributed by atoms with Gasteiger partial charge >= 0.3 is 0 Å². The summed E-state index contributed by atoms with van der Waals surface area (Å²) >= 11 is 13.0. The van der Waals surface area contributed by atoms with Gasteiger partial charge in [-0.1, -0.05) is 49.4 Å². The van der Waals surface area contributed by atoms with Crippen LogP contribution < -0.4 is 18.9 Å². The van der Waals surface area contributed by atoms with Crippen LogP contribution in [0.25, 0.3) is 0 Å². The van der Waals surface area contributed by atoms with E-state index in [9.17, 15) is 0 Å². The van der Waals surface area contributed by atoms with Crippen molar-refractivity contribution >= 4 is 28.9 Å². The molecule has 0 N–H and O–H groups in total. The van der Waals surface area contributed by atoms with Gasteiger partial charge in [0.25, 0.3) is 0 Å². The molecule has 0 unspecified atom stereocenters. The molecule has 2 heterocycles. The number of hydrazone groups is 1. The lowest BCUT2D eigenvalue weighted by Gasteiger charge is -2.38. The van der Waals surface area contributed by atoms with Crippen LogP contribution in [0, 0.1) is 0 Å². The molecule has 0 spiro atoms. The summed E-state index contributed by atoms with van der Waals surface area (Å²) in [6, 6.07) is 17.4. The van der Waals surface area contributed by atoms with Crippen LogP contribution in [0.15, 0.2) is 59.7 Å². The van der Waals surface area contributed by atoms with Gasteiger partial charge in [-0.2, -0.15) is 5.10 Å². The summed E-state index contributed by atoms with van der Waals surface area (Å²) in [7, 11) is 3.25. The van der Waals surface area contributed by atoms with E-state index in [0.29, 0.717) is 33.7 Å². The fourth-order valence-electron chi connectivity index (χ4n) is 4.97. The van der Waals surface area contributed by atoms with Gasteiger partial charge in [-0.3, -0.25) is 0 Å². The molecule has 0 saturated carbocycles. The molecular formula is C30H32Cl2N2O4. The number of benzene rings is 3. The average Bonchev–Trinajstić information content (AvgIpc) is 3.38. The molecule has 0 bridgehead atoms. The number of nitrogens with zero attached hydrogens (tertiary/aromatic N) is 2. The van der Waals surface area contributed by atoms with Crippen molar-refractivity contribution in [2.45, 2.75) is 51.3 Å². The van der Waals surface area contributed by atoms with E-state index in [0.717, 1.165) is 41.2 Å². The Morgan fingerprint density at radius 1 is 0.947 bits per heavy atom. The fourth-order valence-corrected chi connectivity index (χ4v) is 5.53. The van der Waals surface area contributed by atoms with Crippen LogP contribution >= 0.6 is 23.2 Å². The van der Waals surface area contributed by atoms with Crippen LogP contribution in [0.4, 0.5) is 0 Å². The minimum absolute atomic E-state index is 0.0856. The average molecular weight is 556 g/mol. The molecule has 0 aromatic heterocycles. The van der Waals surface area contributed by atoms with Crippen LogP contribution in [0.5, 0.6) is 23.0 Å². The Balaban J connectivity index is 1.45. The number of rotatable bonds is 10. The van der Waals surface area contributed by atoms with Gasteiger partial charge in [-0.25, -0.2) is 5.01 Å². The van der Waals surface area contributed by atoms with Crippen LogP contribution in [-0.4, -0.2) is 31.5 Å². The van der Waals surface area contributed by atoms with Gasteiger partial charge in [0.05, 0.1) is 37.6 Å². The van der Waals surface area contributed by atoms with Crippen molar-refractivity contribution < 1.29 is 18.9 Å². The number of hydrogen-bond donors (Lipinski definition) is 0. The maximum Gasteiger partial charge on any atom is 0.213 e. The van der Waals surface area contributed by atoms with E-state index in [4.69, 9.17) is 47.3 Å². The summed E-state index contributed by atoms with van der Waals surface area (Å²) in [5, 5.41) is 8.10. The van der Waals surface area contributed by atoms with Crippen molar-refractivity contribution in [2.24, 2.45) is 5.10 Å². The fraction of sp³-hybridized carbons (Fsp3) is 0.367. The zero-order valence-electron chi connectivity index (χ0n) is 21.9. The summed E-state index contributed by atoms with van der Waals surface area (Å²) in [6.07, 6.45) is 4.90. The number of fused-ring (bicyclic) bond motifs is 3. The molecular weight excluding hydrogens is 523 g/mol. The molecule has 0 amide bonds. The highest BCUT2D eigenvalue weighted by Gasteiger charge is 2.42. The summed E-state index contributed by atoms with van der Waals surface area (Å²) in [5.41, 5.74) is 3.75. The van der Waals surface area contributed by atoms with Crippen LogP contribution in [-0.2, 0) is 0 Å². The summed E-state index contributed by atoms with van der Waals surface area (Å²) in [5.74, 6) is 2.81. The molecule has 200 valence electrons. The van der Waals surface area contributed by atoms with Gasteiger partial charge in [0.15, 0.2) is 11.5 Å². The first-order valence-corrected chi connectivity index (χ1v) is 13.7. The lowest BCUT2D eigenvalue weighted by atomic mass is 9.95. The predicted octanol–water partition coefficient (Wildman–Crippen LogP) is 8.21. The number of halogens is 2. The van der Waals surface area contributed by atoms with Crippen molar-refractivity contribution in [3.05, 3.63) is 81.3 Å². The highest BCUT2D eigenvalue weighted by Crippen LogP contribution is 2.51. The molecule has 3 aromatic rings. The molecule has 2 aliphatic rings. The SMILES string of the molecule is CCCCCCOc1ccc([C@H]2Oc3c(Cl)cc(Cl)cc3[C@H]3CC(c4ccc(OC)c(OC)c4)=NN32)cc1. The summed E-state index contributed by atoms with van der Waals surface area (Å²) in [4.78, 5) is 0. The first kappa shape index (κ1) is 26.5. The van der Waals surface area contributed by atoms with Crippen molar-refractivity contribution in [1.82, 2.24) is 5.01 Å². The highest BCUT2D eigenvalue weighted by molar-refractivity contribution is 6.35. The summed E-state index contributed by atoms with van der Waals surface area (Å²) < 4.78 is 23.4. The van der Waals surface area contributed by atoms with E-state index in [-0.39, 0.29) is 6.04 Å². The third-order valence-electron chi connectivity index (χ3n) is 6.96. The Hall–Kier alpha value is -3.09. The van der Waals surface area contributed by atoms with Gasteiger partial charge in [0.2, 0.25) is 6.23 Å². The van der Waals surface area contributed by atoms with E-state index < -0.39 is 6.23 Å². The molecule has 2 atom stereocenters. The van der Waals surface area contributed by atoms with Crippen LogP contribution in [0.2, 0.25) is 10.0 Å². The van der Waals surface area contributed by atoms with Crippen molar-refractivity contribution in [3.63, 3.8) is 0 Å². The molecule has 0 saturated heterocycles. The van der Waals surface area contributed by atoms with E-state index in [1.54, 1.807) is 20.3 Å². The third-order valence-corrected chi connectivity index (χ3v) is 7.46. The molecule has 2 aliphatic heterocycles. The largest absolute Gasteiger partial charge is 0.494 e. The van der Waals surface area contributed by atoms with Crippen LogP contribution in [0.3, 0.4) is 0 Å². The lowest BCUT2D eigenvalue weighted by Crippen LogP contribution is -2.33. The first-order chi connectivity index (χ1) is 18.5. The second kappa shape index (κ2) is 11.7. The Morgan fingerprint density at radius 3 is 2.47 bits per heavy atom. The molecule has 3 aromatic carbocycles. The molecule has 0 aliphatic carbocycles. The van der Waals surface area contributed by atoms with Gasteiger partial charge in [0, 0.05) is 28.1 Å². The molecule has 38 heavy (non-hydrogen) atoms. The van der Waals surface area contributed by atoms with E-state index in [2.05, 4.69) is 6.92 Å². The van der Waals surface area contributed by atoms with Crippen molar-refractivity contribution in [2.75, 3.05) is 20.8 Å². The monoisotopic (exact) mass is 554 g/mol. The van der Waals surface area contributed by atoms with Gasteiger partial charge < -0.3 is 18.9 Å². The van der Waals surface area contributed by atoms with Gasteiger partial charge in [0.1, 0.15) is 11.5 Å². The van der Waals surface area contributed by atoms with E-state index in [1.807, 2.05) is 53.5 Å². The number of unbranched alkanes of at least 4 members (excludes halogenated alkanes) is 3. The number of methoxy groups -OCH3 is 2. The molecule has 6 nitrogen and oxygen atoms in total. The zero-order chi connectivity index (χ0) is 26.6. The minimum atomic E-state index is -0.456. The van der Waals surface area contributed by atoms with E-state index >= 15 is 0 Å². The predicted molar refractivity (Wildman–Crippen MR) is 151 cm³/mol. The number of hydrogen-bond acceptors (Lipinski definition) is 6. The van der Waals surface area contributed by atoms with Crippen molar-refractivity contribution in [3.8, 4) is 23.0 Å². The zero-order valence-corrected chi connectivity index (χ0v) is 23.4. The maximum atomic E-state index is 6.62. The quantitative estimate of drug-likeness (QED) is 0.236. The first-order valence-electron chi connectivity index (χ1n) is 13.0. The Labute approximate surface area is 234 Å². The van der Waals surface area contributed by atoms with Gasteiger partial charge in [-0.15, -0.1) is 0 Å². The van der Waals surface area contributed by atoms with Gasteiger partial charge in [-0.05, 0) is 61.0 Å². The smallest absolute Gasteiger partial charge is 0.213 e. The number of ether oxygens (including phenoxy) is 4. The molecule has 0 radical (unpaired) electrons. The third kappa shape index (κ3) is 5.38. The second-order valence-electron chi connectivity index (χ2n) is 9.47. The Bertz CT molecular complexity index is 1310. The standard InChI is InChI=1S/C30H32Cl2N2O4/c1-4-5-6-7-14-37-22-11-8-19(9-12-22)30-34-26(23-16-21(31)17-24(32)29(23)38-30)18-25(33-34)20-10-13-27(35-2)28(15-20)36-3/h8-13,15-17,26,30H,4-7,14,18H2,1-3H3/t26-,30-/m1/s1. The van der Waals surface area contributed by atoms with Crippen molar-refractivity contribution in [1.29, 1.82) is 0 Å². The maximum absolute atomic E-state index is 6.62. The normalized spacial score (nSPS) is 17.8. The summed E-state index contributed by atoms with van der Waals surface area (Å²) in [6.45, 7) is 2.93. The van der Waals surface area contributed by atoms with E-state index in [1.165, 1.54) is 19.3 Å². The lowest BCUT2D eigenvalue weighted by molar-refractivity contribution is -0.0189. The Kier molecular flexibility index (Phi) is 8.20. The van der Waals surface area contributed by atoms with Crippen LogP contribution in [0.1, 0.15) is 68.0 Å².